The van der Waals surface area contributed by atoms with Crippen LogP contribution in [0, 0.1) is 52.3 Å². The molecule has 7 heteroatoms. The minimum absolute atomic E-state index is 0.0445. The Balaban J connectivity index is 1.32. The van der Waals surface area contributed by atoms with Crippen LogP contribution in [0.4, 0.5) is 0 Å². The molecule has 1 aromatic carbocycles. The third-order valence-electron chi connectivity index (χ3n) is 14.9. The Labute approximate surface area is 292 Å². The Morgan fingerprint density at radius 2 is 1.67 bits per heavy atom. The Hall–Kier alpha value is -2.03. The Morgan fingerprint density at radius 3 is 2.37 bits per heavy atom. The third-order valence-corrected chi connectivity index (χ3v) is 14.9. The minimum atomic E-state index is -1.34. The minimum Gasteiger partial charge on any atom is -0.508 e. The molecule has 0 aromatic heterocycles. The number of aliphatic hydroxyl groups is 4. The van der Waals surface area contributed by atoms with Gasteiger partial charge in [0.25, 0.3) is 0 Å². The highest BCUT2D eigenvalue weighted by atomic mass is 16.6. The van der Waals surface area contributed by atoms with E-state index in [1.54, 1.807) is 6.08 Å². The lowest BCUT2D eigenvalue weighted by atomic mass is 9.42. The lowest BCUT2D eigenvalue weighted by Gasteiger charge is -2.63. The first-order valence-electron chi connectivity index (χ1n) is 19.3. The summed E-state index contributed by atoms with van der Waals surface area (Å²) in [5.41, 5.74) is -0.979. The van der Waals surface area contributed by atoms with E-state index < -0.39 is 40.2 Å². The lowest BCUT2D eigenvalue weighted by molar-refractivity contribution is -0.182. The Kier molecular flexibility index (Phi) is 8.87. The van der Waals surface area contributed by atoms with Crippen LogP contribution in [0.1, 0.15) is 104 Å². The van der Waals surface area contributed by atoms with Crippen LogP contribution in [-0.4, -0.2) is 66.9 Å². The van der Waals surface area contributed by atoms with Crippen LogP contribution in [0.25, 0.3) is 0 Å². The van der Waals surface area contributed by atoms with E-state index in [9.17, 15) is 30.3 Å². The van der Waals surface area contributed by atoms with Crippen LogP contribution in [-0.2, 0) is 22.4 Å². The van der Waals surface area contributed by atoms with Crippen molar-refractivity contribution in [2.75, 3.05) is 0 Å². The molecule has 1 aliphatic heterocycles. The number of phenols is 1. The van der Waals surface area contributed by atoms with Gasteiger partial charge in [-0.25, -0.2) is 0 Å². The molecule has 6 aliphatic rings. The summed E-state index contributed by atoms with van der Waals surface area (Å²) in [6, 6.07) is 5.89. The van der Waals surface area contributed by atoms with Gasteiger partial charge in [-0.05, 0) is 134 Å². The van der Waals surface area contributed by atoms with Gasteiger partial charge in [0.15, 0.2) is 5.78 Å². The number of phenolic OH excluding ortho intramolecular Hbond substituents is 1. The van der Waals surface area contributed by atoms with E-state index >= 15 is 0 Å². The predicted molar refractivity (Wildman–Crippen MR) is 189 cm³/mol. The highest BCUT2D eigenvalue weighted by Gasteiger charge is 2.75. The van der Waals surface area contributed by atoms with Gasteiger partial charge in [0.1, 0.15) is 17.5 Å². The molecule has 7 rings (SSSR count). The second-order valence-electron chi connectivity index (χ2n) is 18.2. The van der Waals surface area contributed by atoms with Crippen molar-refractivity contribution in [1.82, 2.24) is 0 Å². The molecular weight excluding hydrogens is 616 g/mol. The lowest BCUT2D eigenvalue weighted by Crippen LogP contribution is -2.66. The molecule has 0 bridgehead atoms. The highest BCUT2D eigenvalue weighted by molar-refractivity contribution is 5.95. The summed E-state index contributed by atoms with van der Waals surface area (Å²) in [7, 11) is 0. The van der Waals surface area contributed by atoms with Gasteiger partial charge >= 0.3 is 0 Å². The van der Waals surface area contributed by atoms with E-state index in [4.69, 9.17) is 4.74 Å². The molecule has 1 aromatic rings. The molecule has 1 saturated heterocycles. The highest BCUT2D eigenvalue weighted by Crippen LogP contribution is 2.73. The molecule has 0 unspecified atom stereocenters. The van der Waals surface area contributed by atoms with Gasteiger partial charge in [0.05, 0.1) is 23.9 Å². The van der Waals surface area contributed by atoms with Crippen molar-refractivity contribution in [3.63, 3.8) is 0 Å². The normalized spacial score (nSPS) is 44.7. The number of fused-ring (bicyclic) bond motifs is 4. The van der Waals surface area contributed by atoms with Crippen molar-refractivity contribution in [3.05, 3.63) is 53.1 Å². The number of allylic oxidation sites excluding steroid dienone is 2. The zero-order valence-electron chi connectivity index (χ0n) is 30.4. The fourth-order valence-corrected chi connectivity index (χ4v) is 11.8. The summed E-state index contributed by atoms with van der Waals surface area (Å²) in [6.07, 6.45) is 9.78. The van der Waals surface area contributed by atoms with Crippen molar-refractivity contribution in [3.8, 4) is 5.75 Å². The van der Waals surface area contributed by atoms with Gasteiger partial charge in [-0.3, -0.25) is 4.79 Å². The van der Waals surface area contributed by atoms with Crippen LogP contribution >= 0.6 is 0 Å². The maximum absolute atomic E-state index is 14.0. The van der Waals surface area contributed by atoms with E-state index in [0.717, 1.165) is 29.5 Å². The van der Waals surface area contributed by atoms with E-state index in [0.29, 0.717) is 56.8 Å². The molecule has 13 atom stereocenters. The zero-order chi connectivity index (χ0) is 35.3. The second-order valence-corrected chi connectivity index (χ2v) is 18.2. The molecule has 5 N–H and O–H groups in total. The maximum Gasteiger partial charge on any atom is 0.159 e. The summed E-state index contributed by atoms with van der Waals surface area (Å²) >= 11 is 0. The van der Waals surface area contributed by atoms with Gasteiger partial charge in [-0.1, -0.05) is 59.8 Å². The summed E-state index contributed by atoms with van der Waals surface area (Å²) in [5.74, 6) is 0.541. The smallest absolute Gasteiger partial charge is 0.159 e. The van der Waals surface area contributed by atoms with E-state index in [1.807, 2.05) is 12.1 Å². The van der Waals surface area contributed by atoms with Crippen LogP contribution in [0.5, 0.6) is 5.75 Å². The molecule has 5 aliphatic carbocycles. The van der Waals surface area contributed by atoms with Gasteiger partial charge in [-0.15, -0.1) is 0 Å². The van der Waals surface area contributed by atoms with Crippen molar-refractivity contribution in [1.29, 1.82) is 0 Å². The summed E-state index contributed by atoms with van der Waals surface area (Å²) in [4.78, 5) is 14.0. The second kappa shape index (κ2) is 12.3. The van der Waals surface area contributed by atoms with Crippen molar-refractivity contribution < 1.29 is 35.1 Å². The number of epoxide rings is 1. The van der Waals surface area contributed by atoms with E-state index in [2.05, 4.69) is 59.8 Å². The predicted octanol–water partition coefficient (Wildman–Crippen LogP) is 6.07. The van der Waals surface area contributed by atoms with E-state index in [-0.39, 0.29) is 53.8 Å². The molecule has 1 heterocycles. The van der Waals surface area contributed by atoms with Crippen LogP contribution in [0.2, 0.25) is 0 Å². The van der Waals surface area contributed by atoms with Crippen LogP contribution < -0.4 is 0 Å². The zero-order valence-corrected chi connectivity index (χ0v) is 30.4. The monoisotopic (exact) mass is 676 g/mol. The number of hydrogen-bond donors (Lipinski definition) is 5. The van der Waals surface area contributed by atoms with Crippen molar-refractivity contribution >= 4 is 5.78 Å². The average molecular weight is 677 g/mol. The fourth-order valence-electron chi connectivity index (χ4n) is 11.8. The Morgan fingerprint density at radius 1 is 0.959 bits per heavy atom. The molecule has 0 amide bonds. The summed E-state index contributed by atoms with van der Waals surface area (Å²) in [5, 5.41) is 58.8. The van der Waals surface area contributed by atoms with Crippen LogP contribution in [0.3, 0.4) is 0 Å². The molecule has 0 radical (unpaired) electrons. The largest absolute Gasteiger partial charge is 0.508 e. The van der Waals surface area contributed by atoms with Crippen LogP contribution in [0.15, 0.2) is 42.0 Å². The first-order valence-corrected chi connectivity index (χ1v) is 19.3. The number of carbonyl (C=O) groups is 1. The number of ketones is 1. The summed E-state index contributed by atoms with van der Waals surface area (Å²) in [6.45, 7) is 13.1. The molecule has 3 saturated carbocycles. The number of ether oxygens (including phenoxy) is 1. The summed E-state index contributed by atoms with van der Waals surface area (Å²) < 4.78 is 6.40. The van der Waals surface area contributed by atoms with Gasteiger partial charge in [0, 0.05) is 17.3 Å². The first kappa shape index (κ1) is 35.4. The standard InChI is InChI=1S/C42H60O7/c1-23(2)9-10-26-16-27(18-29(43)17-26)11-14-40-28-8-7-13-41(47,38-37(49-38)25(5)24(3)4)36(40)12-15-42(40,48)31-20-33(44)32-21-34(45)35(46)22-39(32,6)30(31)19-28/h7-8,16-18,20,23-25,28,30,32,34-38,43,45-48H,9-15,19,21-22H2,1-6H3/t25-,28+,30-,32-,34-,35+,36+,37-,38-,39-,40-,41+,42+/m1/s1. The molecule has 270 valence electrons. The number of aryl methyl sites for hydroxylation is 2. The molecule has 0 spiro atoms. The number of aromatic hydroxyl groups is 1. The molecule has 7 nitrogen and oxygen atoms in total. The molecule has 4 fully saturated rings. The number of hydrogen-bond acceptors (Lipinski definition) is 7. The van der Waals surface area contributed by atoms with Gasteiger partial charge < -0.3 is 30.3 Å². The topological polar surface area (TPSA) is 131 Å². The third kappa shape index (κ3) is 5.43. The van der Waals surface area contributed by atoms with Crippen molar-refractivity contribution in [2.45, 2.75) is 141 Å². The van der Waals surface area contributed by atoms with E-state index in [1.165, 1.54) is 0 Å². The number of aliphatic hydroxyl groups excluding tert-OH is 2. The maximum atomic E-state index is 14.0. The van der Waals surface area contributed by atoms with Gasteiger partial charge in [0.2, 0.25) is 0 Å². The number of benzene rings is 1. The number of rotatable bonds is 9. The Bertz CT molecular complexity index is 1510. The SMILES string of the molecule is CC(C)CCc1cc(O)cc(CC[C@@]23[C@@H]4CC[C@]2(O)C2=CC(=O)[C@H]5C[C@@H](O)[C@@H](O)C[C@]5(C)[C@@H]2C[C@@H]3C=CC[C@@]4(O)[C@@H]2O[C@@H]2[C@H](C)C(C)C)c1. The quantitative estimate of drug-likeness (QED) is 0.158. The first-order chi connectivity index (χ1) is 23.0. The molecular formula is C42H60O7. The molecule has 49 heavy (non-hydrogen) atoms. The average Bonchev–Trinajstić information content (AvgIpc) is 3.79. The van der Waals surface area contributed by atoms with Crippen molar-refractivity contribution in [2.24, 2.45) is 52.3 Å². The van der Waals surface area contributed by atoms with Gasteiger partial charge in [-0.2, -0.15) is 0 Å². The fraction of sp³-hybridized carbons (Fsp3) is 0.738. The number of carbonyl (C=O) groups excluding carboxylic acids is 1.